The Hall–Kier alpha value is -5.87. The van der Waals surface area contributed by atoms with E-state index in [1.165, 1.54) is 0 Å². The molecule has 0 N–H and O–H groups in total. The number of oxazole rings is 1. The highest BCUT2D eigenvalue weighted by Gasteiger charge is 2.14. The van der Waals surface area contributed by atoms with Gasteiger partial charge >= 0.3 is 0 Å². The largest absolute Gasteiger partial charge is 0.436 e. The highest BCUT2D eigenvalue weighted by Crippen LogP contribution is 2.34. The fourth-order valence-electron chi connectivity index (χ4n) is 5.30. The molecular weight excluding hydrogens is 526 g/mol. The quantitative estimate of drug-likeness (QED) is 0.184. The van der Waals surface area contributed by atoms with Crippen LogP contribution in [0.5, 0.6) is 0 Å². The Kier molecular flexibility index (Phi) is 6.78. The van der Waals surface area contributed by atoms with Gasteiger partial charge in [-0.05, 0) is 52.7 Å². The van der Waals surface area contributed by atoms with Gasteiger partial charge in [0.2, 0.25) is 5.89 Å². The number of hydrogen-bond donors (Lipinski definition) is 0. The van der Waals surface area contributed by atoms with E-state index in [-0.39, 0.29) is 0 Å². The SMILES string of the molecule is C=C/C=C(\C=C)c1nc(-c2ccccc2)cc(-c2ccc3cc(-c4cccc5oc(-c6ccccc6)nc45)ccc3c2)n1. The molecular formula is C39H27N3O. The first kappa shape index (κ1) is 26.1. The van der Waals surface area contributed by atoms with Gasteiger partial charge in [0.1, 0.15) is 5.52 Å². The number of aromatic nitrogens is 3. The van der Waals surface area contributed by atoms with Crippen molar-refractivity contribution in [3.8, 4) is 45.1 Å². The standard InChI is InChI=1S/C39H27N3O/c1-3-12-26(4-2)38-40-34(27-13-7-5-8-14-27)25-35(41-38)32-22-20-29-23-31(21-19-30(29)24-32)33-17-11-18-36-37(33)42-39(43-36)28-15-9-6-10-16-28/h3-25H,1-2H2/b26-12+. The molecule has 204 valence electrons. The molecule has 2 heterocycles. The average Bonchev–Trinajstić information content (AvgIpc) is 3.52. The molecule has 0 unspecified atom stereocenters. The van der Waals surface area contributed by atoms with Crippen LogP contribution in [0.25, 0.3) is 72.5 Å². The van der Waals surface area contributed by atoms with E-state index >= 15 is 0 Å². The summed E-state index contributed by atoms with van der Waals surface area (Å²) >= 11 is 0. The minimum Gasteiger partial charge on any atom is -0.436 e. The lowest BCUT2D eigenvalue weighted by Gasteiger charge is -2.11. The zero-order chi connectivity index (χ0) is 29.2. The van der Waals surface area contributed by atoms with Crippen LogP contribution in [0.15, 0.2) is 157 Å². The lowest BCUT2D eigenvalue weighted by molar-refractivity contribution is 0.620. The molecule has 4 heteroatoms. The molecule has 0 aliphatic carbocycles. The summed E-state index contributed by atoms with van der Waals surface area (Å²) in [6.07, 6.45) is 5.36. The van der Waals surface area contributed by atoms with Crippen LogP contribution in [0.4, 0.5) is 0 Å². The second-order valence-corrected chi connectivity index (χ2v) is 10.2. The number of rotatable bonds is 7. The van der Waals surface area contributed by atoms with Crippen LogP contribution in [0.3, 0.4) is 0 Å². The smallest absolute Gasteiger partial charge is 0.227 e. The normalized spacial score (nSPS) is 11.6. The Labute approximate surface area is 250 Å². The Morgan fingerprint density at radius 3 is 1.93 bits per heavy atom. The first-order valence-corrected chi connectivity index (χ1v) is 14.1. The molecule has 0 aliphatic rings. The van der Waals surface area contributed by atoms with E-state index in [0.717, 1.165) is 66.7 Å². The number of nitrogens with zero attached hydrogens (tertiary/aromatic N) is 3. The lowest BCUT2D eigenvalue weighted by Crippen LogP contribution is -1.98. The van der Waals surface area contributed by atoms with Crippen molar-refractivity contribution in [1.29, 1.82) is 0 Å². The molecule has 4 nitrogen and oxygen atoms in total. The van der Waals surface area contributed by atoms with Crippen LogP contribution in [0, 0.1) is 0 Å². The summed E-state index contributed by atoms with van der Waals surface area (Å²) in [5.74, 6) is 1.23. The predicted octanol–water partition coefficient (Wildman–Crippen LogP) is 10.2. The van der Waals surface area contributed by atoms with Crippen LogP contribution in [0.1, 0.15) is 5.82 Å². The van der Waals surface area contributed by atoms with Crippen molar-refractivity contribution in [3.63, 3.8) is 0 Å². The summed E-state index contributed by atoms with van der Waals surface area (Å²) in [7, 11) is 0. The molecule has 7 rings (SSSR count). The van der Waals surface area contributed by atoms with Gasteiger partial charge in [0.05, 0.1) is 11.4 Å². The van der Waals surface area contributed by atoms with Gasteiger partial charge in [0, 0.05) is 27.8 Å². The van der Waals surface area contributed by atoms with E-state index in [2.05, 4.69) is 67.8 Å². The number of allylic oxidation sites excluding steroid dienone is 4. The van der Waals surface area contributed by atoms with Crippen molar-refractivity contribution in [2.75, 3.05) is 0 Å². The number of para-hydroxylation sites is 1. The number of hydrogen-bond acceptors (Lipinski definition) is 4. The zero-order valence-corrected chi connectivity index (χ0v) is 23.4. The molecule has 0 amide bonds. The fraction of sp³-hybridized carbons (Fsp3) is 0. The van der Waals surface area contributed by atoms with E-state index in [0.29, 0.717) is 11.7 Å². The molecule has 0 spiro atoms. The summed E-state index contributed by atoms with van der Waals surface area (Å²) in [6.45, 7) is 7.81. The minimum atomic E-state index is 0.609. The lowest BCUT2D eigenvalue weighted by atomic mass is 9.98. The molecule has 0 atom stereocenters. The molecule has 2 aromatic heterocycles. The van der Waals surface area contributed by atoms with Crippen molar-refractivity contribution < 1.29 is 4.42 Å². The van der Waals surface area contributed by atoms with Gasteiger partial charge in [-0.1, -0.05) is 116 Å². The van der Waals surface area contributed by atoms with E-state index in [4.69, 9.17) is 19.4 Å². The van der Waals surface area contributed by atoms with Gasteiger partial charge in [-0.15, -0.1) is 0 Å². The van der Waals surface area contributed by atoms with Crippen molar-refractivity contribution >= 4 is 27.4 Å². The Morgan fingerprint density at radius 1 is 0.581 bits per heavy atom. The van der Waals surface area contributed by atoms with Crippen LogP contribution in [-0.4, -0.2) is 15.0 Å². The van der Waals surface area contributed by atoms with Crippen molar-refractivity contribution in [2.24, 2.45) is 0 Å². The van der Waals surface area contributed by atoms with Crippen molar-refractivity contribution in [1.82, 2.24) is 15.0 Å². The van der Waals surface area contributed by atoms with E-state index < -0.39 is 0 Å². The first-order chi connectivity index (χ1) is 21.2. The molecule has 43 heavy (non-hydrogen) atoms. The molecule has 0 fully saturated rings. The monoisotopic (exact) mass is 553 g/mol. The van der Waals surface area contributed by atoms with Crippen LogP contribution in [-0.2, 0) is 0 Å². The molecule has 0 saturated heterocycles. The molecule has 0 radical (unpaired) electrons. The Morgan fingerprint density at radius 2 is 1.23 bits per heavy atom. The molecule has 0 saturated carbocycles. The van der Waals surface area contributed by atoms with Crippen LogP contribution < -0.4 is 0 Å². The summed E-state index contributed by atoms with van der Waals surface area (Å²) in [4.78, 5) is 14.7. The molecule has 0 aliphatic heterocycles. The van der Waals surface area contributed by atoms with Crippen molar-refractivity contribution in [3.05, 3.63) is 159 Å². The van der Waals surface area contributed by atoms with Gasteiger partial charge in [0.25, 0.3) is 0 Å². The number of benzene rings is 5. The second kappa shape index (κ2) is 11.2. The van der Waals surface area contributed by atoms with Gasteiger partial charge in [-0.2, -0.15) is 0 Å². The number of fused-ring (bicyclic) bond motifs is 2. The molecule has 7 aromatic rings. The second-order valence-electron chi connectivity index (χ2n) is 10.2. The third kappa shape index (κ3) is 5.07. The maximum atomic E-state index is 6.12. The van der Waals surface area contributed by atoms with Gasteiger partial charge in [-0.3, -0.25) is 0 Å². The summed E-state index contributed by atoms with van der Waals surface area (Å²) < 4.78 is 6.12. The van der Waals surface area contributed by atoms with E-state index in [9.17, 15) is 0 Å². The predicted molar refractivity (Wildman–Crippen MR) is 177 cm³/mol. The third-order valence-electron chi connectivity index (χ3n) is 7.46. The van der Waals surface area contributed by atoms with Gasteiger partial charge < -0.3 is 4.42 Å². The molecule has 5 aromatic carbocycles. The van der Waals surface area contributed by atoms with Gasteiger partial charge in [-0.25, -0.2) is 15.0 Å². The highest BCUT2D eigenvalue weighted by atomic mass is 16.3. The topological polar surface area (TPSA) is 51.8 Å². The summed E-state index contributed by atoms with van der Waals surface area (Å²) in [5.41, 5.74) is 9.24. The Balaban J connectivity index is 1.30. The summed E-state index contributed by atoms with van der Waals surface area (Å²) in [6, 6.07) is 41.2. The van der Waals surface area contributed by atoms with Crippen LogP contribution in [0.2, 0.25) is 0 Å². The maximum absolute atomic E-state index is 6.12. The summed E-state index contributed by atoms with van der Waals surface area (Å²) in [5, 5.41) is 2.24. The Bertz CT molecular complexity index is 2160. The van der Waals surface area contributed by atoms with Gasteiger partial charge in [0.15, 0.2) is 11.4 Å². The van der Waals surface area contributed by atoms with E-state index in [1.54, 1.807) is 12.2 Å². The first-order valence-electron chi connectivity index (χ1n) is 14.1. The van der Waals surface area contributed by atoms with E-state index in [1.807, 2.05) is 72.8 Å². The fourth-order valence-corrected chi connectivity index (χ4v) is 5.30. The average molecular weight is 554 g/mol. The highest BCUT2D eigenvalue weighted by molar-refractivity contribution is 5.97. The van der Waals surface area contributed by atoms with Crippen molar-refractivity contribution in [2.45, 2.75) is 0 Å². The maximum Gasteiger partial charge on any atom is 0.227 e. The third-order valence-corrected chi connectivity index (χ3v) is 7.46. The zero-order valence-electron chi connectivity index (χ0n) is 23.4. The minimum absolute atomic E-state index is 0.609. The van der Waals surface area contributed by atoms with Crippen LogP contribution >= 0.6 is 0 Å². The molecule has 0 bridgehead atoms.